The molecular formula is C30H21Cl. The standard InChI is InChI=1S/C30H21Cl/c31-28-19-11-10-18-25(28)20-26-21-27(22-12-4-1-5-13-22)30(24-16-8-3-9-17-24)29(26)23-14-6-2-7-15-23/h1-21H/b26-20+. The third kappa shape index (κ3) is 3.91. The van der Waals surface area contributed by atoms with Crippen molar-refractivity contribution in [3.8, 4) is 0 Å². The van der Waals surface area contributed by atoms with Gasteiger partial charge in [0.25, 0.3) is 0 Å². The molecular weight excluding hydrogens is 396 g/mol. The van der Waals surface area contributed by atoms with Gasteiger partial charge in [-0.15, -0.1) is 0 Å². The van der Waals surface area contributed by atoms with Gasteiger partial charge in [0.2, 0.25) is 0 Å². The van der Waals surface area contributed by atoms with Crippen molar-refractivity contribution < 1.29 is 0 Å². The summed E-state index contributed by atoms with van der Waals surface area (Å²) in [6, 6.07) is 39.8. The molecule has 0 aromatic heterocycles. The van der Waals surface area contributed by atoms with Gasteiger partial charge < -0.3 is 0 Å². The summed E-state index contributed by atoms with van der Waals surface area (Å²) in [7, 11) is 0. The maximum Gasteiger partial charge on any atom is 0.0478 e. The van der Waals surface area contributed by atoms with E-state index in [2.05, 4.69) is 109 Å². The highest BCUT2D eigenvalue weighted by molar-refractivity contribution is 6.32. The largest absolute Gasteiger partial charge is 0.0837 e. The molecule has 0 N–H and O–H groups in total. The molecule has 0 unspecified atom stereocenters. The number of hydrogen-bond acceptors (Lipinski definition) is 0. The van der Waals surface area contributed by atoms with Crippen molar-refractivity contribution in [2.45, 2.75) is 0 Å². The SMILES string of the molecule is Clc1ccccc1/C=C1\C=C(c2ccccc2)C(c2ccccc2)=C1c1ccccc1. The van der Waals surface area contributed by atoms with Gasteiger partial charge in [0.05, 0.1) is 0 Å². The Balaban J connectivity index is 1.82. The molecule has 0 radical (unpaired) electrons. The molecule has 1 aliphatic rings. The Morgan fingerprint density at radius 2 is 0.968 bits per heavy atom. The van der Waals surface area contributed by atoms with Crippen molar-refractivity contribution >= 4 is 34.4 Å². The molecule has 0 fully saturated rings. The lowest BCUT2D eigenvalue weighted by Crippen LogP contribution is -1.92. The molecule has 0 heterocycles. The topological polar surface area (TPSA) is 0 Å². The number of rotatable bonds is 4. The monoisotopic (exact) mass is 416 g/mol. The lowest BCUT2D eigenvalue weighted by Gasteiger charge is -2.14. The summed E-state index contributed by atoms with van der Waals surface area (Å²) in [5.74, 6) is 0. The van der Waals surface area contributed by atoms with Gasteiger partial charge in [-0.25, -0.2) is 0 Å². The molecule has 0 saturated carbocycles. The van der Waals surface area contributed by atoms with E-state index in [1.165, 1.54) is 33.4 Å². The van der Waals surface area contributed by atoms with Gasteiger partial charge in [-0.2, -0.15) is 0 Å². The Morgan fingerprint density at radius 1 is 0.484 bits per heavy atom. The van der Waals surface area contributed by atoms with E-state index in [4.69, 9.17) is 11.6 Å². The summed E-state index contributed by atoms with van der Waals surface area (Å²) in [6.07, 6.45) is 4.49. The molecule has 0 amide bonds. The second-order valence-corrected chi connectivity index (χ2v) is 7.93. The minimum atomic E-state index is 0.755. The third-order valence-electron chi connectivity index (χ3n) is 5.53. The van der Waals surface area contributed by atoms with Crippen molar-refractivity contribution in [2.75, 3.05) is 0 Å². The van der Waals surface area contributed by atoms with Crippen LogP contribution in [0.4, 0.5) is 0 Å². The van der Waals surface area contributed by atoms with Gasteiger partial charge in [0.15, 0.2) is 0 Å². The quantitative estimate of drug-likeness (QED) is 0.313. The van der Waals surface area contributed by atoms with E-state index in [1.807, 2.05) is 18.2 Å². The molecule has 0 bridgehead atoms. The fourth-order valence-electron chi connectivity index (χ4n) is 4.12. The third-order valence-corrected chi connectivity index (χ3v) is 5.88. The van der Waals surface area contributed by atoms with Crippen LogP contribution >= 0.6 is 11.6 Å². The zero-order valence-electron chi connectivity index (χ0n) is 17.0. The molecule has 0 nitrogen and oxygen atoms in total. The van der Waals surface area contributed by atoms with E-state index < -0.39 is 0 Å². The molecule has 5 rings (SSSR count). The van der Waals surface area contributed by atoms with E-state index in [-0.39, 0.29) is 0 Å². The van der Waals surface area contributed by atoms with Crippen LogP contribution in [0.3, 0.4) is 0 Å². The van der Waals surface area contributed by atoms with E-state index in [9.17, 15) is 0 Å². The van der Waals surface area contributed by atoms with Crippen molar-refractivity contribution in [2.24, 2.45) is 0 Å². The first-order valence-corrected chi connectivity index (χ1v) is 10.8. The molecule has 31 heavy (non-hydrogen) atoms. The smallest absolute Gasteiger partial charge is 0.0478 e. The Labute approximate surface area is 188 Å². The first kappa shape index (κ1) is 19.4. The van der Waals surface area contributed by atoms with Crippen molar-refractivity contribution in [3.63, 3.8) is 0 Å². The van der Waals surface area contributed by atoms with Gasteiger partial charge in [0.1, 0.15) is 0 Å². The van der Waals surface area contributed by atoms with E-state index in [1.54, 1.807) is 0 Å². The molecule has 0 saturated heterocycles. The lowest BCUT2D eigenvalue weighted by atomic mass is 9.89. The van der Waals surface area contributed by atoms with Crippen LogP contribution in [0, 0.1) is 0 Å². The first-order valence-electron chi connectivity index (χ1n) is 10.4. The predicted molar refractivity (Wildman–Crippen MR) is 134 cm³/mol. The van der Waals surface area contributed by atoms with Gasteiger partial charge >= 0.3 is 0 Å². The fraction of sp³-hybridized carbons (Fsp3) is 0. The predicted octanol–water partition coefficient (Wildman–Crippen LogP) is 8.43. The molecule has 0 spiro atoms. The maximum atomic E-state index is 6.52. The van der Waals surface area contributed by atoms with Crippen LogP contribution in [0.25, 0.3) is 22.8 Å². The van der Waals surface area contributed by atoms with Crippen LogP contribution in [0.1, 0.15) is 22.3 Å². The van der Waals surface area contributed by atoms with E-state index in [0.29, 0.717) is 0 Å². The zero-order chi connectivity index (χ0) is 21.0. The second kappa shape index (κ2) is 8.63. The first-order chi connectivity index (χ1) is 15.3. The number of allylic oxidation sites excluding steroid dienone is 5. The molecule has 148 valence electrons. The molecule has 0 aliphatic heterocycles. The van der Waals surface area contributed by atoms with E-state index in [0.717, 1.165) is 16.2 Å². The summed E-state index contributed by atoms with van der Waals surface area (Å²) in [4.78, 5) is 0. The minimum absolute atomic E-state index is 0.755. The summed E-state index contributed by atoms with van der Waals surface area (Å²) in [6.45, 7) is 0. The fourth-order valence-corrected chi connectivity index (χ4v) is 4.31. The van der Waals surface area contributed by atoms with Crippen molar-refractivity contribution in [1.82, 2.24) is 0 Å². The Hall–Kier alpha value is -3.61. The molecule has 0 atom stereocenters. The zero-order valence-corrected chi connectivity index (χ0v) is 17.8. The number of hydrogen-bond donors (Lipinski definition) is 0. The average Bonchev–Trinajstić information content (AvgIpc) is 3.21. The summed E-state index contributed by atoms with van der Waals surface area (Å²) in [5.41, 5.74) is 9.49. The molecule has 4 aromatic rings. The summed E-state index contributed by atoms with van der Waals surface area (Å²) < 4.78 is 0. The highest BCUT2D eigenvalue weighted by atomic mass is 35.5. The van der Waals surface area contributed by atoms with Crippen LogP contribution in [0.5, 0.6) is 0 Å². The van der Waals surface area contributed by atoms with Crippen molar-refractivity contribution in [3.05, 3.63) is 154 Å². The van der Waals surface area contributed by atoms with Crippen molar-refractivity contribution in [1.29, 1.82) is 0 Å². The van der Waals surface area contributed by atoms with Crippen LogP contribution in [0.2, 0.25) is 5.02 Å². The number of benzene rings is 4. The van der Waals surface area contributed by atoms with Crippen LogP contribution in [-0.2, 0) is 0 Å². The highest BCUT2D eigenvalue weighted by Gasteiger charge is 2.25. The van der Waals surface area contributed by atoms with Gasteiger partial charge in [-0.3, -0.25) is 0 Å². The number of halogens is 1. The molecule has 1 aliphatic carbocycles. The summed E-state index contributed by atoms with van der Waals surface area (Å²) in [5, 5.41) is 0.755. The average molecular weight is 417 g/mol. The van der Waals surface area contributed by atoms with Gasteiger partial charge in [-0.05, 0) is 62.8 Å². The minimum Gasteiger partial charge on any atom is -0.0837 e. The van der Waals surface area contributed by atoms with Crippen LogP contribution in [-0.4, -0.2) is 0 Å². The lowest BCUT2D eigenvalue weighted by molar-refractivity contribution is 1.58. The Kier molecular flexibility index (Phi) is 5.39. The van der Waals surface area contributed by atoms with Crippen LogP contribution < -0.4 is 0 Å². The second-order valence-electron chi connectivity index (χ2n) is 7.53. The van der Waals surface area contributed by atoms with Gasteiger partial charge in [0, 0.05) is 5.02 Å². The maximum absolute atomic E-state index is 6.52. The molecule has 1 heteroatoms. The Bertz CT molecular complexity index is 1290. The highest BCUT2D eigenvalue weighted by Crippen LogP contribution is 2.47. The van der Waals surface area contributed by atoms with Crippen LogP contribution in [0.15, 0.2) is 127 Å². The normalized spacial score (nSPS) is 14.7. The Morgan fingerprint density at radius 3 is 1.55 bits per heavy atom. The van der Waals surface area contributed by atoms with Gasteiger partial charge in [-0.1, -0.05) is 121 Å². The summed E-state index contributed by atoms with van der Waals surface area (Å²) >= 11 is 6.52. The van der Waals surface area contributed by atoms with E-state index >= 15 is 0 Å². The molecule has 4 aromatic carbocycles.